The number of amides is 1. The maximum absolute atomic E-state index is 11.6. The van der Waals surface area contributed by atoms with E-state index in [2.05, 4.69) is 12.2 Å². The smallest absolute Gasteiger partial charge is 0.244 e. The molecule has 0 aliphatic carbocycles. The Balaban J connectivity index is 2.55. The number of hydrogen-bond acceptors (Lipinski definition) is 2. The lowest BCUT2D eigenvalue weighted by Crippen LogP contribution is -2.21. The summed E-state index contributed by atoms with van der Waals surface area (Å²) in [6.45, 7) is 4.90. The molecule has 3 nitrogen and oxygen atoms in total. The normalized spacial score (nSPS) is 10.7. The van der Waals surface area contributed by atoms with Gasteiger partial charge in [-0.2, -0.15) is 0 Å². The molecule has 0 saturated carbocycles. The zero-order chi connectivity index (χ0) is 14.1. The lowest BCUT2D eigenvalue weighted by molar-refractivity contribution is -0.116. The van der Waals surface area contributed by atoms with Crippen molar-refractivity contribution in [3.63, 3.8) is 0 Å². The highest BCUT2D eigenvalue weighted by Gasteiger charge is 2.00. The van der Waals surface area contributed by atoms with Gasteiger partial charge in [-0.25, -0.2) is 0 Å². The SMILES string of the molecule is CCCCCNC(=O)/C=C/c1cc(C)ccc1OC. The van der Waals surface area contributed by atoms with Gasteiger partial charge in [0.15, 0.2) is 0 Å². The number of rotatable bonds is 7. The molecule has 1 aromatic carbocycles. The highest BCUT2D eigenvalue weighted by Crippen LogP contribution is 2.20. The van der Waals surface area contributed by atoms with E-state index in [1.807, 2.05) is 25.1 Å². The van der Waals surface area contributed by atoms with E-state index in [4.69, 9.17) is 4.74 Å². The van der Waals surface area contributed by atoms with Crippen LogP contribution >= 0.6 is 0 Å². The minimum atomic E-state index is -0.0559. The highest BCUT2D eigenvalue weighted by atomic mass is 16.5. The van der Waals surface area contributed by atoms with Crippen molar-refractivity contribution in [3.05, 3.63) is 35.4 Å². The summed E-state index contributed by atoms with van der Waals surface area (Å²) in [5.74, 6) is 0.722. The van der Waals surface area contributed by atoms with Gasteiger partial charge in [0.05, 0.1) is 7.11 Å². The molecule has 0 saturated heterocycles. The fraction of sp³-hybridized carbons (Fsp3) is 0.438. The first-order valence-electron chi connectivity index (χ1n) is 6.78. The Bertz CT molecular complexity index is 438. The molecule has 0 atom stereocenters. The maximum atomic E-state index is 11.6. The number of benzene rings is 1. The van der Waals surface area contributed by atoms with Gasteiger partial charge < -0.3 is 10.1 Å². The average Bonchev–Trinajstić information content (AvgIpc) is 2.41. The van der Waals surface area contributed by atoms with Crippen LogP contribution in [0.25, 0.3) is 6.08 Å². The van der Waals surface area contributed by atoms with Crippen LogP contribution in [0, 0.1) is 6.92 Å². The van der Waals surface area contributed by atoms with Crippen LogP contribution in [0.5, 0.6) is 5.75 Å². The molecule has 0 bridgehead atoms. The van der Waals surface area contributed by atoms with Crippen molar-refractivity contribution in [3.8, 4) is 5.75 Å². The Hall–Kier alpha value is -1.77. The second kappa shape index (κ2) is 8.35. The quantitative estimate of drug-likeness (QED) is 0.604. The topological polar surface area (TPSA) is 38.3 Å². The number of aryl methyl sites for hydroxylation is 1. The van der Waals surface area contributed by atoms with Gasteiger partial charge in [0.2, 0.25) is 5.91 Å². The molecule has 1 aromatic rings. The number of carbonyl (C=O) groups excluding carboxylic acids is 1. The van der Waals surface area contributed by atoms with E-state index in [9.17, 15) is 4.79 Å². The van der Waals surface area contributed by atoms with Crippen molar-refractivity contribution in [1.29, 1.82) is 0 Å². The lowest BCUT2D eigenvalue weighted by atomic mass is 10.1. The zero-order valence-electron chi connectivity index (χ0n) is 12.0. The van der Waals surface area contributed by atoms with E-state index < -0.39 is 0 Å². The number of ether oxygens (including phenoxy) is 1. The predicted octanol–water partition coefficient (Wildman–Crippen LogP) is 3.32. The molecule has 0 unspecified atom stereocenters. The largest absolute Gasteiger partial charge is 0.496 e. The van der Waals surface area contributed by atoms with E-state index >= 15 is 0 Å². The summed E-state index contributed by atoms with van der Waals surface area (Å²) in [6, 6.07) is 5.90. The molecule has 0 spiro atoms. The Morgan fingerprint density at radius 1 is 1.37 bits per heavy atom. The summed E-state index contributed by atoms with van der Waals surface area (Å²) in [6.07, 6.45) is 6.69. The zero-order valence-corrected chi connectivity index (χ0v) is 12.0. The van der Waals surface area contributed by atoms with E-state index in [1.54, 1.807) is 19.3 Å². The van der Waals surface area contributed by atoms with E-state index in [0.717, 1.165) is 42.7 Å². The number of unbranched alkanes of at least 4 members (excludes halogenated alkanes) is 2. The van der Waals surface area contributed by atoms with Crippen molar-refractivity contribution in [2.24, 2.45) is 0 Å². The first kappa shape index (κ1) is 15.3. The van der Waals surface area contributed by atoms with Crippen LogP contribution in [-0.2, 0) is 4.79 Å². The molecule has 0 fully saturated rings. The van der Waals surface area contributed by atoms with Crippen LogP contribution in [0.15, 0.2) is 24.3 Å². The highest BCUT2D eigenvalue weighted by molar-refractivity contribution is 5.92. The molecule has 0 heterocycles. The molecule has 0 aliphatic rings. The van der Waals surface area contributed by atoms with Crippen LogP contribution < -0.4 is 10.1 Å². The Labute approximate surface area is 115 Å². The van der Waals surface area contributed by atoms with Gasteiger partial charge in [-0.15, -0.1) is 0 Å². The van der Waals surface area contributed by atoms with Gasteiger partial charge in [0.1, 0.15) is 5.75 Å². The van der Waals surface area contributed by atoms with E-state index in [0.29, 0.717) is 0 Å². The number of methoxy groups -OCH3 is 1. The van der Waals surface area contributed by atoms with Gasteiger partial charge in [0.25, 0.3) is 0 Å². The second-order valence-corrected chi connectivity index (χ2v) is 4.58. The summed E-state index contributed by atoms with van der Waals surface area (Å²) < 4.78 is 5.26. The molecule has 0 aromatic heterocycles. The number of nitrogens with one attached hydrogen (secondary N) is 1. The third-order valence-electron chi connectivity index (χ3n) is 2.88. The Morgan fingerprint density at radius 2 is 2.16 bits per heavy atom. The summed E-state index contributed by atoms with van der Waals surface area (Å²) in [5.41, 5.74) is 2.06. The average molecular weight is 261 g/mol. The van der Waals surface area contributed by atoms with Gasteiger partial charge in [-0.1, -0.05) is 31.4 Å². The predicted molar refractivity (Wildman–Crippen MR) is 79.3 cm³/mol. The van der Waals surface area contributed by atoms with Crippen LogP contribution in [0.4, 0.5) is 0 Å². The fourth-order valence-corrected chi connectivity index (χ4v) is 1.80. The number of hydrogen-bond donors (Lipinski definition) is 1. The molecular formula is C16H23NO2. The monoisotopic (exact) mass is 261 g/mol. The molecular weight excluding hydrogens is 238 g/mol. The van der Waals surface area contributed by atoms with E-state index in [1.165, 1.54) is 0 Å². The second-order valence-electron chi connectivity index (χ2n) is 4.58. The van der Waals surface area contributed by atoms with Crippen molar-refractivity contribution < 1.29 is 9.53 Å². The molecule has 0 aliphatic heterocycles. The van der Waals surface area contributed by atoms with Crippen LogP contribution in [0.3, 0.4) is 0 Å². The molecule has 19 heavy (non-hydrogen) atoms. The minimum Gasteiger partial charge on any atom is -0.496 e. The standard InChI is InChI=1S/C16H23NO2/c1-4-5-6-11-17-16(18)10-8-14-12-13(2)7-9-15(14)19-3/h7-10,12H,4-6,11H2,1-3H3,(H,17,18)/b10-8+. The molecule has 1 rings (SSSR count). The third-order valence-corrected chi connectivity index (χ3v) is 2.88. The molecule has 0 radical (unpaired) electrons. The van der Waals surface area contributed by atoms with Crippen LogP contribution in [0.2, 0.25) is 0 Å². The van der Waals surface area contributed by atoms with E-state index in [-0.39, 0.29) is 5.91 Å². The molecule has 1 amide bonds. The van der Waals surface area contributed by atoms with Crippen LogP contribution in [0.1, 0.15) is 37.3 Å². The number of carbonyl (C=O) groups is 1. The maximum Gasteiger partial charge on any atom is 0.244 e. The molecule has 1 N–H and O–H groups in total. The fourth-order valence-electron chi connectivity index (χ4n) is 1.80. The minimum absolute atomic E-state index is 0.0559. The van der Waals surface area contributed by atoms with Gasteiger partial charge in [-0.05, 0) is 31.6 Å². The van der Waals surface area contributed by atoms with Gasteiger partial charge >= 0.3 is 0 Å². The molecule has 104 valence electrons. The third kappa shape index (κ3) is 5.60. The summed E-state index contributed by atoms with van der Waals surface area (Å²) >= 11 is 0. The summed E-state index contributed by atoms with van der Waals surface area (Å²) in [4.78, 5) is 11.6. The first-order valence-corrected chi connectivity index (χ1v) is 6.78. The lowest BCUT2D eigenvalue weighted by Gasteiger charge is -2.05. The molecule has 3 heteroatoms. The van der Waals surface area contributed by atoms with Crippen molar-refractivity contribution in [1.82, 2.24) is 5.32 Å². The van der Waals surface area contributed by atoms with Gasteiger partial charge in [0, 0.05) is 18.2 Å². The van der Waals surface area contributed by atoms with Crippen LogP contribution in [-0.4, -0.2) is 19.6 Å². The van der Waals surface area contributed by atoms with Crippen molar-refractivity contribution in [2.75, 3.05) is 13.7 Å². The van der Waals surface area contributed by atoms with Crippen molar-refractivity contribution in [2.45, 2.75) is 33.1 Å². The summed E-state index contributed by atoms with van der Waals surface area (Å²) in [7, 11) is 1.63. The summed E-state index contributed by atoms with van der Waals surface area (Å²) in [5, 5.41) is 2.87. The Kier molecular flexibility index (Phi) is 6.72. The van der Waals surface area contributed by atoms with Gasteiger partial charge in [-0.3, -0.25) is 4.79 Å². The first-order chi connectivity index (χ1) is 9.17. The van der Waals surface area contributed by atoms with Crippen molar-refractivity contribution >= 4 is 12.0 Å². The Morgan fingerprint density at radius 3 is 2.84 bits per heavy atom.